The zero-order valence-electron chi connectivity index (χ0n) is 23.5. The Morgan fingerprint density at radius 2 is 1.68 bits per heavy atom. The first kappa shape index (κ1) is 27.9. The molecular weight excluding hydrogens is 520 g/mol. The molecule has 1 aliphatic rings. The lowest BCUT2D eigenvalue weighted by Gasteiger charge is -2.25. The molecule has 1 atom stereocenters. The number of hydrogen-bond acceptors (Lipinski definition) is 6. The number of amides is 2. The zero-order chi connectivity index (χ0) is 28.8. The van der Waals surface area contributed by atoms with Crippen LogP contribution in [-0.4, -0.2) is 66.3 Å². The molecule has 1 aliphatic heterocycles. The number of carbonyl (C=O) groups excluding carboxylic acids is 2. The Morgan fingerprint density at radius 1 is 1.00 bits per heavy atom. The van der Waals surface area contributed by atoms with Crippen molar-refractivity contribution < 1.29 is 23.8 Å². The molecule has 3 aromatic carbocycles. The molecule has 0 bridgehead atoms. The number of hydrogen-bond donors (Lipinski definition) is 1. The summed E-state index contributed by atoms with van der Waals surface area (Å²) in [5.74, 6) is 1.24. The van der Waals surface area contributed by atoms with Gasteiger partial charge in [-0.15, -0.1) is 0 Å². The third kappa shape index (κ3) is 6.58. The lowest BCUT2D eigenvalue weighted by Crippen LogP contribution is -2.42. The highest BCUT2D eigenvalue weighted by atomic mass is 16.5. The maximum atomic E-state index is 13.6. The summed E-state index contributed by atoms with van der Waals surface area (Å²) in [6, 6.07) is 22.4. The molecule has 41 heavy (non-hydrogen) atoms. The van der Waals surface area contributed by atoms with Gasteiger partial charge in [0.25, 0.3) is 5.91 Å². The number of nitrogens with zero attached hydrogens (tertiary/aromatic N) is 3. The number of aromatic nitrogens is 2. The molecule has 0 saturated carbocycles. The van der Waals surface area contributed by atoms with Crippen LogP contribution in [-0.2, 0) is 9.53 Å². The molecule has 9 heteroatoms. The van der Waals surface area contributed by atoms with E-state index in [4.69, 9.17) is 19.2 Å². The van der Waals surface area contributed by atoms with E-state index in [1.54, 1.807) is 25.2 Å². The molecule has 0 aliphatic carbocycles. The minimum Gasteiger partial charge on any atom is -0.497 e. The average Bonchev–Trinajstić information content (AvgIpc) is 3.67. The van der Waals surface area contributed by atoms with Gasteiger partial charge in [-0.1, -0.05) is 18.2 Å². The fourth-order valence-corrected chi connectivity index (χ4v) is 4.88. The Balaban J connectivity index is 1.42. The van der Waals surface area contributed by atoms with Crippen LogP contribution in [0.1, 0.15) is 28.8 Å². The third-order valence-corrected chi connectivity index (χ3v) is 7.14. The number of carbonyl (C=O) groups is 2. The monoisotopic (exact) mass is 554 g/mol. The van der Waals surface area contributed by atoms with Crippen molar-refractivity contribution in [1.29, 1.82) is 0 Å². The SMILES string of the molecule is COc1ccc(-c2cn(-c3ccc(OC)cc3)c(NC(=O)CN(CC3CCCO3)C(=O)c3ccccc3C)n2)cc1. The lowest BCUT2D eigenvalue weighted by atomic mass is 10.1. The predicted octanol–water partition coefficient (Wildman–Crippen LogP) is 5.12. The molecule has 0 radical (unpaired) electrons. The lowest BCUT2D eigenvalue weighted by molar-refractivity contribution is -0.117. The first-order valence-corrected chi connectivity index (χ1v) is 13.6. The van der Waals surface area contributed by atoms with Crippen LogP contribution in [0.25, 0.3) is 16.9 Å². The molecule has 4 aromatic rings. The van der Waals surface area contributed by atoms with Crippen molar-refractivity contribution >= 4 is 17.8 Å². The van der Waals surface area contributed by atoms with E-state index in [1.807, 2.05) is 84.4 Å². The zero-order valence-corrected chi connectivity index (χ0v) is 23.5. The van der Waals surface area contributed by atoms with Gasteiger partial charge in [-0.05, 0) is 79.9 Å². The second-order valence-corrected chi connectivity index (χ2v) is 9.93. The summed E-state index contributed by atoms with van der Waals surface area (Å²) >= 11 is 0. The molecule has 0 spiro atoms. The van der Waals surface area contributed by atoms with Crippen molar-refractivity contribution in [1.82, 2.24) is 14.5 Å². The van der Waals surface area contributed by atoms with Gasteiger partial charge in [-0.2, -0.15) is 0 Å². The van der Waals surface area contributed by atoms with Gasteiger partial charge in [-0.3, -0.25) is 19.5 Å². The largest absolute Gasteiger partial charge is 0.497 e. The van der Waals surface area contributed by atoms with Crippen molar-refractivity contribution in [2.45, 2.75) is 25.9 Å². The third-order valence-electron chi connectivity index (χ3n) is 7.14. The molecule has 1 saturated heterocycles. The van der Waals surface area contributed by atoms with E-state index in [9.17, 15) is 9.59 Å². The summed E-state index contributed by atoms with van der Waals surface area (Å²) in [5.41, 5.74) is 3.75. The second kappa shape index (κ2) is 12.7. The molecule has 2 heterocycles. The smallest absolute Gasteiger partial charge is 0.254 e. The first-order valence-electron chi connectivity index (χ1n) is 13.6. The summed E-state index contributed by atoms with van der Waals surface area (Å²) in [6.45, 7) is 2.76. The number of benzene rings is 3. The highest BCUT2D eigenvalue weighted by molar-refractivity contribution is 6.00. The van der Waals surface area contributed by atoms with E-state index in [1.165, 1.54) is 0 Å². The Morgan fingerprint density at radius 3 is 2.32 bits per heavy atom. The maximum Gasteiger partial charge on any atom is 0.254 e. The second-order valence-electron chi connectivity index (χ2n) is 9.93. The minimum atomic E-state index is -0.355. The van der Waals surface area contributed by atoms with Crippen LogP contribution in [0.15, 0.2) is 79.0 Å². The van der Waals surface area contributed by atoms with E-state index >= 15 is 0 Å². The van der Waals surface area contributed by atoms with Crippen LogP contribution in [0, 0.1) is 6.92 Å². The Labute approximate surface area is 239 Å². The summed E-state index contributed by atoms with van der Waals surface area (Å²) in [4.78, 5) is 33.4. The number of anilines is 1. The average molecular weight is 555 g/mol. The van der Waals surface area contributed by atoms with Crippen molar-refractivity contribution in [3.05, 3.63) is 90.1 Å². The van der Waals surface area contributed by atoms with Gasteiger partial charge in [0.2, 0.25) is 11.9 Å². The number of ether oxygens (including phenoxy) is 3. The van der Waals surface area contributed by atoms with Crippen LogP contribution >= 0.6 is 0 Å². The molecule has 9 nitrogen and oxygen atoms in total. The van der Waals surface area contributed by atoms with E-state index < -0.39 is 0 Å². The summed E-state index contributed by atoms with van der Waals surface area (Å²) in [7, 11) is 3.23. The summed E-state index contributed by atoms with van der Waals surface area (Å²) < 4.78 is 18.2. The molecule has 1 fully saturated rings. The minimum absolute atomic E-state index is 0.0984. The van der Waals surface area contributed by atoms with Crippen LogP contribution < -0.4 is 14.8 Å². The Hall–Kier alpha value is -4.63. The fraction of sp³-hybridized carbons (Fsp3) is 0.281. The van der Waals surface area contributed by atoms with Gasteiger partial charge < -0.3 is 19.1 Å². The molecule has 2 amide bonds. The van der Waals surface area contributed by atoms with E-state index in [-0.39, 0.29) is 24.5 Å². The normalized spacial score (nSPS) is 14.5. The number of imidazole rings is 1. The number of methoxy groups -OCH3 is 2. The summed E-state index contributed by atoms with van der Waals surface area (Å²) in [6.07, 6.45) is 3.56. The molecule has 5 rings (SSSR count). The van der Waals surface area contributed by atoms with Crippen molar-refractivity contribution in [3.8, 4) is 28.4 Å². The van der Waals surface area contributed by atoms with Crippen molar-refractivity contribution in [3.63, 3.8) is 0 Å². The predicted molar refractivity (Wildman–Crippen MR) is 157 cm³/mol. The van der Waals surface area contributed by atoms with Crippen LogP contribution in [0.3, 0.4) is 0 Å². The molecule has 1 unspecified atom stereocenters. The quantitative estimate of drug-likeness (QED) is 0.292. The van der Waals surface area contributed by atoms with Gasteiger partial charge in [0.05, 0.1) is 26.0 Å². The van der Waals surface area contributed by atoms with Gasteiger partial charge >= 0.3 is 0 Å². The van der Waals surface area contributed by atoms with Gasteiger partial charge in [0.15, 0.2) is 0 Å². The van der Waals surface area contributed by atoms with E-state index in [0.717, 1.165) is 35.4 Å². The highest BCUT2D eigenvalue weighted by Gasteiger charge is 2.26. The van der Waals surface area contributed by atoms with Crippen LogP contribution in [0.2, 0.25) is 0 Å². The van der Waals surface area contributed by atoms with E-state index in [0.29, 0.717) is 36.1 Å². The molecule has 1 N–H and O–H groups in total. The van der Waals surface area contributed by atoms with Gasteiger partial charge in [0.1, 0.15) is 18.0 Å². The topological polar surface area (TPSA) is 94.9 Å². The van der Waals surface area contributed by atoms with Gasteiger partial charge in [0, 0.05) is 36.2 Å². The summed E-state index contributed by atoms with van der Waals surface area (Å²) in [5, 5.41) is 2.95. The number of nitrogens with one attached hydrogen (secondary N) is 1. The van der Waals surface area contributed by atoms with Crippen LogP contribution in [0.4, 0.5) is 5.95 Å². The van der Waals surface area contributed by atoms with Crippen molar-refractivity contribution in [2.75, 3.05) is 39.2 Å². The Kier molecular flexibility index (Phi) is 8.64. The molecular formula is C32H34N4O5. The van der Waals surface area contributed by atoms with Crippen molar-refractivity contribution in [2.24, 2.45) is 0 Å². The standard InChI is InChI=1S/C32H34N4O5/c1-22-7-4-5-9-28(22)31(38)35(19-27-8-6-18-41-27)21-30(37)34-32-33-29(23-10-14-25(39-2)15-11-23)20-36(32)24-12-16-26(40-3)17-13-24/h4-5,7,9-17,20,27H,6,8,18-19,21H2,1-3H3,(H,33,34,37). The number of rotatable bonds is 10. The highest BCUT2D eigenvalue weighted by Crippen LogP contribution is 2.27. The maximum absolute atomic E-state index is 13.6. The first-order chi connectivity index (χ1) is 19.9. The number of aryl methyl sites for hydroxylation is 1. The fourth-order valence-electron chi connectivity index (χ4n) is 4.88. The van der Waals surface area contributed by atoms with E-state index in [2.05, 4.69) is 5.32 Å². The molecule has 1 aromatic heterocycles. The molecule has 212 valence electrons. The van der Waals surface area contributed by atoms with Gasteiger partial charge in [-0.25, -0.2) is 4.98 Å². The van der Waals surface area contributed by atoms with Crippen LogP contribution in [0.5, 0.6) is 11.5 Å². The Bertz CT molecular complexity index is 1490.